The van der Waals surface area contributed by atoms with Crippen LogP contribution in [0, 0.1) is 9.39 Å². The van der Waals surface area contributed by atoms with Crippen LogP contribution in [0.3, 0.4) is 0 Å². The molecule has 0 saturated heterocycles. The Morgan fingerprint density at radius 3 is 2.71 bits per heavy atom. The van der Waals surface area contributed by atoms with Crippen LogP contribution in [0.1, 0.15) is 13.3 Å². The smallest absolute Gasteiger partial charge is 0.229 e. The van der Waals surface area contributed by atoms with Gasteiger partial charge in [0.05, 0.1) is 15.5 Å². The highest BCUT2D eigenvalue weighted by molar-refractivity contribution is 14.1. The predicted molar refractivity (Wildman–Crippen MR) is 90.6 cm³/mol. The topological polar surface area (TPSA) is 74.8 Å². The molecule has 0 fully saturated rings. The van der Waals surface area contributed by atoms with Gasteiger partial charge in [-0.3, -0.25) is 0 Å². The van der Waals surface area contributed by atoms with E-state index < -0.39 is 5.82 Å². The summed E-state index contributed by atoms with van der Waals surface area (Å²) in [5.41, 5.74) is 0.495. The monoisotopic (exact) mass is 402 g/mol. The molecule has 0 radical (unpaired) electrons. The number of halogens is 2. The SMILES string of the molecule is CCCNc1nc(Nc2cnc(NC)c(F)c2)ncc1I. The Morgan fingerprint density at radius 2 is 2.05 bits per heavy atom. The summed E-state index contributed by atoms with van der Waals surface area (Å²) >= 11 is 2.17. The van der Waals surface area contributed by atoms with Crippen molar-refractivity contribution in [2.75, 3.05) is 29.5 Å². The molecule has 0 saturated carbocycles. The van der Waals surface area contributed by atoms with E-state index in [-0.39, 0.29) is 5.82 Å². The molecule has 0 aliphatic carbocycles. The van der Waals surface area contributed by atoms with Crippen molar-refractivity contribution in [1.82, 2.24) is 15.0 Å². The Morgan fingerprint density at radius 1 is 1.24 bits per heavy atom. The molecule has 2 aromatic heterocycles. The van der Waals surface area contributed by atoms with E-state index in [0.29, 0.717) is 11.6 Å². The zero-order valence-corrected chi connectivity index (χ0v) is 13.9. The van der Waals surface area contributed by atoms with Gasteiger partial charge in [-0.2, -0.15) is 4.98 Å². The standard InChI is InChI=1S/C13H16FIN6/c1-3-4-17-12-10(15)7-19-13(21-12)20-8-5-9(14)11(16-2)18-6-8/h5-7H,3-4H2,1-2H3,(H,16,18)(H2,17,19,20,21). The number of anilines is 4. The summed E-state index contributed by atoms with van der Waals surface area (Å²) < 4.78 is 14.6. The van der Waals surface area contributed by atoms with E-state index in [2.05, 4.69) is 60.4 Å². The van der Waals surface area contributed by atoms with E-state index in [0.717, 1.165) is 22.4 Å². The second-order valence-electron chi connectivity index (χ2n) is 4.25. The van der Waals surface area contributed by atoms with Gasteiger partial charge in [-0.1, -0.05) is 6.92 Å². The van der Waals surface area contributed by atoms with Crippen molar-refractivity contribution >= 4 is 45.9 Å². The van der Waals surface area contributed by atoms with Crippen molar-refractivity contribution in [1.29, 1.82) is 0 Å². The van der Waals surface area contributed by atoms with Crippen molar-refractivity contribution in [3.05, 3.63) is 27.8 Å². The first kappa shape index (κ1) is 15.7. The Hall–Kier alpha value is -1.71. The minimum atomic E-state index is -0.433. The van der Waals surface area contributed by atoms with Gasteiger partial charge in [0.15, 0.2) is 11.6 Å². The maximum atomic E-state index is 13.6. The number of nitrogens with zero attached hydrogens (tertiary/aromatic N) is 3. The third-order valence-electron chi connectivity index (χ3n) is 2.62. The highest BCUT2D eigenvalue weighted by Crippen LogP contribution is 2.20. The number of hydrogen-bond donors (Lipinski definition) is 3. The fraction of sp³-hybridized carbons (Fsp3) is 0.308. The molecular formula is C13H16FIN6. The molecule has 0 aliphatic heterocycles. The number of aromatic nitrogens is 3. The zero-order chi connectivity index (χ0) is 15.2. The van der Waals surface area contributed by atoms with E-state index in [1.54, 1.807) is 13.2 Å². The van der Waals surface area contributed by atoms with Gasteiger partial charge in [-0.25, -0.2) is 14.4 Å². The molecule has 112 valence electrons. The van der Waals surface area contributed by atoms with E-state index in [4.69, 9.17) is 0 Å². The third kappa shape index (κ3) is 4.13. The fourth-order valence-electron chi connectivity index (χ4n) is 1.61. The van der Waals surface area contributed by atoms with Crippen LogP contribution in [0.5, 0.6) is 0 Å². The normalized spacial score (nSPS) is 10.3. The van der Waals surface area contributed by atoms with Crippen LogP contribution in [0.2, 0.25) is 0 Å². The lowest BCUT2D eigenvalue weighted by Crippen LogP contribution is -2.07. The van der Waals surface area contributed by atoms with E-state index in [1.165, 1.54) is 12.3 Å². The summed E-state index contributed by atoms with van der Waals surface area (Å²) in [4.78, 5) is 12.5. The van der Waals surface area contributed by atoms with Crippen LogP contribution in [-0.2, 0) is 0 Å². The quantitative estimate of drug-likeness (QED) is 0.645. The third-order valence-corrected chi connectivity index (χ3v) is 3.41. The second-order valence-corrected chi connectivity index (χ2v) is 5.41. The average molecular weight is 402 g/mol. The van der Waals surface area contributed by atoms with Gasteiger partial charge in [-0.05, 0) is 29.0 Å². The Kier molecular flexibility index (Phi) is 5.48. The van der Waals surface area contributed by atoms with Crippen molar-refractivity contribution in [2.45, 2.75) is 13.3 Å². The Balaban J connectivity index is 2.17. The molecule has 2 rings (SSSR count). The summed E-state index contributed by atoms with van der Waals surface area (Å²) in [6, 6.07) is 1.35. The lowest BCUT2D eigenvalue weighted by Gasteiger charge is -2.10. The van der Waals surface area contributed by atoms with E-state index >= 15 is 0 Å². The largest absolute Gasteiger partial charge is 0.371 e. The summed E-state index contributed by atoms with van der Waals surface area (Å²) in [7, 11) is 1.62. The molecule has 3 N–H and O–H groups in total. The van der Waals surface area contributed by atoms with Gasteiger partial charge in [-0.15, -0.1) is 0 Å². The van der Waals surface area contributed by atoms with E-state index in [9.17, 15) is 4.39 Å². The average Bonchev–Trinajstić information content (AvgIpc) is 2.48. The number of rotatable bonds is 6. The molecule has 0 atom stereocenters. The van der Waals surface area contributed by atoms with Crippen molar-refractivity contribution in [3.63, 3.8) is 0 Å². The Bertz CT molecular complexity index is 622. The van der Waals surface area contributed by atoms with Crippen LogP contribution in [0.4, 0.5) is 27.7 Å². The summed E-state index contributed by atoms with van der Waals surface area (Å²) in [6.07, 6.45) is 4.23. The van der Waals surface area contributed by atoms with Crippen molar-refractivity contribution in [3.8, 4) is 0 Å². The maximum absolute atomic E-state index is 13.6. The highest BCUT2D eigenvalue weighted by atomic mass is 127. The number of pyridine rings is 1. The van der Waals surface area contributed by atoms with Gasteiger partial charge in [0, 0.05) is 25.9 Å². The van der Waals surface area contributed by atoms with Crippen LogP contribution >= 0.6 is 22.6 Å². The van der Waals surface area contributed by atoms with Crippen LogP contribution in [-0.4, -0.2) is 28.5 Å². The fourth-order valence-corrected chi connectivity index (χ4v) is 2.06. The van der Waals surface area contributed by atoms with Gasteiger partial charge < -0.3 is 16.0 Å². The summed E-state index contributed by atoms with van der Waals surface area (Å²) in [5.74, 6) is 0.925. The Labute approximate surface area is 136 Å². The molecule has 0 unspecified atom stereocenters. The molecule has 0 amide bonds. The molecule has 0 aromatic carbocycles. The maximum Gasteiger partial charge on any atom is 0.229 e. The van der Waals surface area contributed by atoms with Crippen LogP contribution < -0.4 is 16.0 Å². The summed E-state index contributed by atoms with van der Waals surface area (Å²) in [5, 5.41) is 8.83. The first-order valence-corrected chi connectivity index (χ1v) is 7.58. The van der Waals surface area contributed by atoms with Gasteiger partial charge in [0.25, 0.3) is 0 Å². The molecule has 8 heteroatoms. The minimum absolute atomic E-state index is 0.203. The van der Waals surface area contributed by atoms with E-state index in [1.807, 2.05) is 0 Å². The van der Waals surface area contributed by atoms with Gasteiger partial charge in [0.1, 0.15) is 5.82 Å². The molecule has 2 heterocycles. The van der Waals surface area contributed by atoms with Crippen molar-refractivity contribution < 1.29 is 4.39 Å². The molecule has 21 heavy (non-hydrogen) atoms. The van der Waals surface area contributed by atoms with Gasteiger partial charge in [0.2, 0.25) is 5.95 Å². The first-order valence-electron chi connectivity index (χ1n) is 6.50. The zero-order valence-electron chi connectivity index (χ0n) is 11.7. The molecule has 2 aromatic rings. The summed E-state index contributed by atoms with van der Waals surface area (Å²) in [6.45, 7) is 2.91. The molecule has 0 aliphatic rings. The van der Waals surface area contributed by atoms with Crippen LogP contribution in [0.15, 0.2) is 18.5 Å². The second kappa shape index (κ2) is 7.34. The molecule has 0 bridgehead atoms. The molecule has 0 spiro atoms. The molecule has 6 nitrogen and oxygen atoms in total. The predicted octanol–water partition coefficient (Wildman–Crippen LogP) is 3.22. The minimum Gasteiger partial charge on any atom is -0.371 e. The van der Waals surface area contributed by atoms with Crippen molar-refractivity contribution in [2.24, 2.45) is 0 Å². The van der Waals surface area contributed by atoms with Gasteiger partial charge >= 0.3 is 0 Å². The first-order chi connectivity index (χ1) is 10.1. The number of hydrogen-bond acceptors (Lipinski definition) is 6. The van der Waals surface area contributed by atoms with Crippen LogP contribution in [0.25, 0.3) is 0 Å². The lowest BCUT2D eigenvalue weighted by atomic mass is 10.4. The number of nitrogens with one attached hydrogen (secondary N) is 3. The highest BCUT2D eigenvalue weighted by Gasteiger charge is 2.07. The molecular weight excluding hydrogens is 386 g/mol. The lowest BCUT2D eigenvalue weighted by molar-refractivity contribution is 0.626.